The molecule has 162 valence electrons. The molecule has 0 aliphatic rings. The van der Waals surface area contributed by atoms with E-state index >= 15 is 0 Å². The molecule has 1 aromatic carbocycles. The predicted molar refractivity (Wildman–Crippen MR) is 126 cm³/mol. The minimum absolute atomic E-state index is 0.0551. The molecule has 1 atom stereocenters. The molecule has 0 aliphatic heterocycles. The van der Waals surface area contributed by atoms with Crippen molar-refractivity contribution < 1.29 is 13.9 Å². The summed E-state index contributed by atoms with van der Waals surface area (Å²) in [6, 6.07) is 10.00. The number of halogens is 1. The Bertz CT molecular complexity index is 1000. The molecule has 0 N–H and O–H groups in total. The first kappa shape index (κ1) is 22.9. The van der Waals surface area contributed by atoms with Gasteiger partial charge in [-0.15, -0.1) is 0 Å². The summed E-state index contributed by atoms with van der Waals surface area (Å²) < 4.78 is 20.1. The van der Waals surface area contributed by atoms with Crippen molar-refractivity contribution in [2.75, 3.05) is 20.3 Å². The van der Waals surface area contributed by atoms with Crippen LogP contribution in [-0.4, -0.2) is 44.1 Å². The molecule has 3 aromatic rings. The first-order valence-electron chi connectivity index (χ1n) is 10.1. The van der Waals surface area contributed by atoms with Crippen LogP contribution in [0.4, 0.5) is 0 Å². The molecule has 0 fully saturated rings. The second-order valence-electron chi connectivity index (χ2n) is 8.59. The zero-order chi connectivity index (χ0) is 21.9. The summed E-state index contributed by atoms with van der Waals surface area (Å²) in [5, 5.41) is 5.54. The first-order valence-corrected chi connectivity index (χ1v) is 13.7. The summed E-state index contributed by atoms with van der Waals surface area (Å²) in [6.45, 7) is 11.9. The van der Waals surface area contributed by atoms with Gasteiger partial charge in [0.05, 0.1) is 35.5 Å². The Labute approximate surface area is 188 Å². The van der Waals surface area contributed by atoms with Crippen LogP contribution in [0, 0.1) is 5.41 Å². The van der Waals surface area contributed by atoms with Gasteiger partial charge in [-0.25, -0.2) is 9.67 Å². The number of hydrogen-bond acceptors (Lipinski definition) is 5. The lowest BCUT2D eigenvalue weighted by molar-refractivity contribution is 0.0827. The van der Waals surface area contributed by atoms with Crippen molar-refractivity contribution in [1.29, 1.82) is 0 Å². The molecule has 1 unspecified atom stereocenters. The zero-order valence-electron chi connectivity index (χ0n) is 18.5. The van der Waals surface area contributed by atoms with Gasteiger partial charge in [0.2, 0.25) is 0 Å². The zero-order valence-corrected chi connectivity index (χ0v) is 21.2. The SMILES string of the molecule is COCCOc1cc(Br)cc2c1cnn2-c1cccc(C(O[SiH](C)C)C(C)(C)C)n1. The fourth-order valence-electron chi connectivity index (χ4n) is 3.29. The number of nitrogens with zero attached hydrogens (tertiary/aromatic N) is 3. The van der Waals surface area contributed by atoms with Crippen LogP contribution in [0.1, 0.15) is 32.6 Å². The van der Waals surface area contributed by atoms with Crippen molar-refractivity contribution in [3.63, 3.8) is 0 Å². The number of benzene rings is 1. The summed E-state index contributed by atoms with van der Waals surface area (Å²) in [5.41, 5.74) is 1.80. The molecular formula is C22H30BrN3O3Si. The number of hydrogen-bond donors (Lipinski definition) is 0. The third-order valence-electron chi connectivity index (χ3n) is 4.60. The second-order valence-corrected chi connectivity index (χ2v) is 11.9. The average molecular weight is 492 g/mol. The Morgan fingerprint density at radius 2 is 1.93 bits per heavy atom. The van der Waals surface area contributed by atoms with Crippen molar-refractivity contribution in [1.82, 2.24) is 14.8 Å². The minimum Gasteiger partial charge on any atom is -0.490 e. The van der Waals surface area contributed by atoms with Gasteiger partial charge >= 0.3 is 0 Å². The molecule has 0 saturated heterocycles. The Kier molecular flexibility index (Phi) is 7.33. The maximum Gasteiger partial charge on any atom is 0.171 e. The van der Waals surface area contributed by atoms with Crippen LogP contribution in [0.5, 0.6) is 5.75 Å². The molecule has 6 nitrogen and oxygen atoms in total. The Balaban J connectivity index is 2.03. The van der Waals surface area contributed by atoms with Crippen LogP contribution in [0.2, 0.25) is 13.1 Å². The van der Waals surface area contributed by atoms with Crippen molar-refractivity contribution in [2.45, 2.75) is 40.0 Å². The van der Waals surface area contributed by atoms with E-state index in [2.05, 4.69) is 54.9 Å². The van der Waals surface area contributed by atoms with E-state index in [1.807, 2.05) is 41.2 Å². The van der Waals surface area contributed by atoms with Crippen LogP contribution in [0.15, 0.2) is 41.0 Å². The second kappa shape index (κ2) is 9.59. The standard InChI is InChI=1S/C22H30BrN3O3Si/c1-22(2,3)21(29-30(5)6)17-8-7-9-20(25-17)26-18-12-15(23)13-19(16(18)14-24-26)28-11-10-27-4/h7-9,12-14,21,30H,10-11H2,1-6H3. The van der Waals surface area contributed by atoms with Gasteiger partial charge in [0.1, 0.15) is 12.4 Å². The highest BCUT2D eigenvalue weighted by Crippen LogP contribution is 2.36. The van der Waals surface area contributed by atoms with E-state index in [1.165, 1.54) is 0 Å². The lowest BCUT2D eigenvalue weighted by Crippen LogP contribution is -2.27. The minimum atomic E-state index is -1.24. The number of ether oxygens (including phenoxy) is 2. The number of methoxy groups -OCH3 is 1. The topological polar surface area (TPSA) is 58.4 Å². The molecule has 8 heteroatoms. The van der Waals surface area contributed by atoms with Crippen LogP contribution in [-0.2, 0) is 9.16 Å². The summed E-state index contributed by atoms with van der Waals surface area (Å²) in [5.74, 6) is 1.52. The number of aromatic nitrogens is 3. The van der Waals surface area contributed by atoms with E-state index in [0.717, 1.165) is 32.6 Å². The molecule has 0 aliphatic carbocycles. The molecule has 3 rings (SSSR count). The van der Waals surface area contributed by atoms with E-state index in [-0.39, 0.29) is 11.5 Å². The van der Waals surface area contributed by atoms with Gasteiger partial charge in [0, 0.05) is 11.6 Å². The number of fused-ring (bicyclic) bond motifs is 1. The fourth-order valence-corrected chi connectivity index (χ4v) is 4.81. The third kappa shape index (κ3) is 5.29. The summed E-state index contributed by atoms with van der Waals surface area (Å²) in [4.78, 5) is 4.94. The van der Waals surface area contributed by atoms with Crippen LogP contribution >= 0.6 is 15.9 Å². The van der Waals surface area contributed by atoms with Crippen molar-refractivity contribution in [3.05, 3.63) is 46.7 Å². The molecule has 0 amide bonds. The summed E-state index contributed by atoms with van der Waals surface area (Å²) in [6.07, 6.45) is 1.75. The highest BCUT2D eigenvalue weighted by molar-refractivity contribution is 9.10. The van der Waals surface area contributed by atoms with Crippen LogP contribution in [0.3, 0.4) is 0 Å². The fraction of sp³-hybridized carbons (Fsp3) is 0.455. The van der Waals surface area contributed by atoms with E-state index in [1.54, 1.807) is 7.11 Å². The molecule has 0 saturated carbocycles. The summed E-state index contributed by atoms with van der Waals surface area (Å²) >= 11 is 3.59. The van der Waals surface area contributed by atoms with Crippen LogP contribution < -0.4 is 4.74 Å². The maximum atomic E-state index is 6.36. The normalized spacial score (nSPS) is 13.2. The molecule has 30 heavy (non-hydrogen) atoms. The van der Waals surface area contributed by atoms with Gasteiger partial charge in [-0.05, 0) is 42.8 Å². The highest BCUT2D eigenvalue weighted by atomic mass is 79.9. The number of rotatable bonds is 8. The van der Waals surface area contributed by atoms with Crippen LogP contribution in [0.25, 0.3) is 16.7 Å². The largest absolute Gasteiger partial charge is 0.490 e. The Morgan fingerprint density at radius 3 is 2.60 bits per heavy atom. The molecule has 0 spiro atoms. The molecule has 2 heterocycles. The first-order chi connectivity index (χ1) is 14.2. The summed E-state index contributed by atoms with van der Waals surface area (Å²) in [7, 11) is 0.421. The van der Waals surface area contributed by atoms with Gasteiger partial charge < -0.3 is 13.9 Å². The molecule has 0 radical (unpaired) electrons. The lowest BCUT2D eigenvalue weighted by Gasteiger charge is -2.32. The van der Waals surface area contributed by atoms with E-state index in [4.69, 9.17) is 18.9 Å². The van der Waals surface area contributed by atoms with Gasteiger partial charge in [-0.3, -0.25) is 0 Å². The average Bonchev–Trinajstić information content (AvgIpc) is 3.09. The number of pyridine rings is 1. The Hall–Kier alpha value is -1.74. The molecule has 0 bridgehead atoms. The van der Waals surface area contributed by atoms with Gasteiger partial charge in [0.15, 0.2) is 14.9 Å². The smallest absolute Gasteiger partial charge is 0.171 e. The van der Waals surface area contributed by atoms with Crippen molar-refractivity contribution in [2.24, 2.45) is 5.41 Å². The quantitative estimate of drug-likeness (QED) is 0.316. The predicted octanol–water partition coefficient (Wildman–Crippen LogP) is 5.30. The van der Waals surface area contributed by atoms with E-state index in [0.29, 0.717) is 13.2 Å². The third-order valence-corrected chi connectivity index (χ3v) is 5.87. The van der Waals surface area contributed by atoms with Crippen molar-refractivity contribution >= 4 is 35.9 Å². The molecular weight excluding hydrogens is 462 g/mol. The van der Waals surface area contributed by atoms with Gasteiger partial charge in [0.25, 0.3) is 0 Å². The van der Waals surface area contributed by atoms with Gasteiger partial charge in [-0.2, -0.15) is 5.10 Å². The molecule has 2 aromatic heterocycles. The van der Waals surface area contributed by atoms with Gasteiger partial charge in [-0.1, -0.05) is 42.8 Å². The lowest BCUT2D eigenvalue weighted by atomic mass is 9.87. The maximum absolute atomic E-state index is 6.36. The highest BCUT2D eigenvalue weighted by Gasteiger charge is 2.29. The van der Waals surface area contributed by atoms with Crippen molar-refractivity contribution in [3.8, 4) is 11.6 Å². The Morgan fingerprint density at radius 1 is 1.17 bits per heavy atom. The van der Waals surface area contributed by atoms with E-state index in [9.17, 15) is 0 Å². The monoisotopic (exact) mass is 491 g/mol. The van der Waals surface area contributed by atoms with E-state index < -0.39 is 9.04 Å².